The molecule has 0 aromatic carbocycles. The summed E-state index contributed by atoms with van der Waals surface area (Å²) in [5, 5.41) is 26.1. The third-order valence-electron chi connectivity index (χ3n) is 4.85. The first-order valence-corrected chi connectivity index (χ1v) is 9.55. The Labute approximate surface area is 164 Å². The molecule has 0 bridgehead atoms. The topological polar surface area (TPSA) is 120 Å². The summed E-state index contributed by atoms with van der Waals surface area (Å²) in [7, 11) is 0. The maximum absolute atomic E-state index is 10.7. The van der Waals surface area contributed by atoms with E-state index in [2.05, 4.69) is 25.6 Å². The smallest absolute Gasteiger partial charge is 0.169 e. The van der Waals surface area contributed by atoms with Gasteiger partial charge in [0.15, 0.2) is 11.6 Å². The van der Waals surface area contributed by atoms with Crippen LogP contribution in [0.1, 0.15) is 45.2 Å². The lowest BCUT2D eigenvalue weighted by atomic mass is 9.93. The average Bonchev–Trinajstić information content (AvgIpc) is 2.68. The van der Waals surface area contributed by atoms with Gasteiger partial charge in [0.2, 0.25) is 0 Å². The lowest BCUT2D eigenvalue weighted by Gasteiger charge is -2.27. The summed E-state index contributed by atoms with van der Waals surface area (Å²) in [6.45, 7) is 3.52. The van der Waals surface area contributed by atoms with E-state index in [0.717, 1.165) is 37.5 Å². The second kappa shape index (κ2) is 8.62. The van der Waals surface area contributed by atoms with E-state index in [9.17, 15) is 15.0 Å². The number of aliphatic hydroxyl groups is 2. The second-order valence-electron chi connectivity index (χ2n) is 7.64. The summed E-state index contributed by atoms with van der Waals surface area (Å²) in [5.41, 5.74) is 0.993. The zero-order valence-corrected chi connectivity index (χ0v) is 16.2. The molecule has 0 unspecified atom stereocenters. The molecule has 1 aliphatic carbocycles. The Bertz CT molecular complexity index is 796. The molecule has 2 heterocycles. The minimum Gasteiger partial charge on any atom is -0.393 e. The van der Waals surface area contributed by atoms with Gasteiger partial charge in [0.05, 0.1) is 30.2 Å². The van der Waals surface area contributed by atoms with E-state index < -0.39 is 5.60 Å². The Morgan fingerprint density at radius 1 is 1.14 bits per heavy atom. The van der Waals surface area contributed by atoms with Crippen LogP contribution >= 0.6 is 0 Å². The number of hydrogen-bond acceptors (Lipinski definition) is 8. The molecule has 2 aromatic heterocycles. The highest BCUT2D eigenvalue weighted by atomic mass is 16.3. The van der Waals surface area contributed by atoms with Crippen molar-refractivity contribution in [3.05, 3.63) is 30.2 Å². The van der Waals surface area contributed by atoms with Crippen molar-refractivity contribution in [2.24, 2.45) is 0 Å². The quantitative estimate of drug-likeness (QED) is 0.535. The first kappa shape index (κ1) is 20.2. The van der Waals surface area contributed by atoms with Crippen molar-refractivity contribution in [2.45, 2.75) is 57.3 Å². The maximum Gasteiger partial charge on any atom is 0.169 e. The van der Waals surface area contributed by atoms with Crippen LogP contribution in [0, 0.1) is 0 Å². The third-order valence-corrected chi connectivity index (χ3v) is 4.85. The Kier molecular flexibility index (Phi) is 6.21. The number of aliphatic hydroxyl groups excluding tert-OH is 1. The molecule has 1 aliphatic rings. The van der Waals surface area contributed by atoms with Gasteiger partial charge in [-0.05, 0) is 51.7 Å². The zero-order valence-electron chi connectivity index (χ0n) is 16.2. The summed E-state index contributed by atoms with van der Waals surface area (Å²) in [6.07, 6.45) is 7.04. The molecule has 0 saturated heterocycles. The Hall–Kier alpha value is -2.58. The molecule has 1 fully saturated rings. The molecule has 3 rings (SSSR count). The number of hydrogen-bond donors (Lipinski definition) is 4. The minimum atomic E-state index is -1.01. The number of carbonyl (C=O) groups excluding carboxylic acids is 1. The van der Waals surface area contributed by atoms with Crippen LogP contribution < -0.4 is 10.6 Å². The average molecular weight is 385 g/mol. The largest absolute Gasteiger partial charge is 0.393 e. The molecule has 0 atom stereocenters. The van der Waals surface area contributed by atoms with Gasteiger partial charge in [-0.1, -0.05) is 0 Å². The van der Waals surface area contributed by atoms with Crippen molar-refractivity contribution < 1.29 is 15.0 Å². The van der Waals surface area contributed by atoms with Gasteiger partial charge in [-0.2, -0.15) is 0 Å². The standard InChI is InChI=1S/C20H27N5O3/c1-20(2,28)17-8-3-13(11-22-17)16-12-23-18(21-9-10-26)19(25-16)24-14-4-6-15(27)7-5-14/h3,8,10-12,14-15,27-28H,4-7,9H2,1-2H3,(H,21,23)(H,24,25)/t14-,15-. The molecule has 150 valence electrons. The van der Waals surface area contributed by atoms with Crippen LogP contribution in [0.2, 0.25) is 0 Å². The molecule has 8 heteroatoms. The number of nitrogens with zero attached hydrogens (tertiary/aromatic N) is 3. The molecule has 0 amide bonds. The molecule has 2 aromatic rings. The Morgan fingerprint density at radius 2 is 1.89 bits per heavy atom. The molecule has 0 spiro atoms. The van der Waals surface area contributed by atoms with Crippen molar-refractivity contribution in [2.75, 3.05) is 17.2 Å². The van der Waals surface area contributed by atoms with Gasteiger partial charge in [0.1, 0.15) is 11.9 Å². The second-order valence-corrected chi connectivity index (χ2v) is 7.64. The van der Waals surface area contributed by atoms with Crippen molar-refractivity contribution in [1.82, 2.24) is 15.0 Å². The predicted octanol–water partition coefficient (Wildman–Crippen LogP) is 2.09. The SMILES string of the molecule is CC(C)(O)c1ccc(-c2cnc(NCC=O)c(N[C@H]3CC[C@H](O)CC3)n2)cn1. The van der Waals surface area contributed by atoms with Gasteiger partial charge in [0.25, 0.3) is 0 Å². The lowest BCUT2D eigenvalue weighted by molar-refractivity contribution is -0.106. The fourth-order valence-corrected chi connectivity index (χ4v) is 3.22. The van der Waals surface area contributed by atoms with Crippen LogP contribution in [0.15, 0.2) is 24.5 Å². The van der Waals surface area contributed by atoms with E-state index >= 15 is 0 Å². The van der Waals surface area contributed by atoms with Gasteiger partial charge in [-0.15, -0.1) is 0 Å². The predicted molar refractivity (Wildman–Crippen MR) is 107 cm³/mol. The molecule has 1 saturated carbocycles. The first-order valence-electron chi connectivity index (χ1n) is 9.55. The summed E-state index contributed by atoms with van der Waals surface area (Å²) in [6, 6.07) is 3.81. The summed E-state index contributed by atoms with van der Waals surface area (Å²) < 4.78 is 0. The monoisotopic (exact) mass is 385 g/mol. The van der Waals surface area contributed by atoms with Crippen molar-refractivity contribution >= 4 is 17.9 Å². The maximum atomic E-state index is 10.7. The minimum absolute atomic E-state index is 0.147. The molecule has 0 aliphatic heterocycles. The number of nitrogens with one attached hydrogen (secondary N) is 2. The zero-order chi connectivity index (χ0) is 20.1. The highest BCUT2D eigenvalue weighted by Crippen LogP contribution is 2.27. The summed E-state index contributed by atoms with van der Waals surface area (Å²) in [5.74, 6) is 1.09. The van der Waals surface area contributed by atoms with Crippen LogP contribution in [0.3, 0.4) is 0 Å². The van der Waals surface area contributed by atoms with Gasteiger partial charge in [-0.3, -0.25) is 4.98 Å². The Balaban J connectivity index is 1.85. The number of anilines is 2. The van der Waals surface area contributed by atoms with Crippen LogP contribution in [0.5, 0.6) is 0 Å². The van der Waals surface area contributed by atoms with Crippen molar-refractivity contribution in [3.8, 4) is 11.3 Å². The van der Waals surface area contributed by atoms with Crippen molar-refractivity contribution in [1.29, 1.82) is 0 Å². The number of aldehydes is 1. The van der Waals surface area contributed by atoms with Crippen LogP contribution in [-0.4, -0.2) is 50.1 Å². The molecular formula is C20H27N5O3. The molecular weight excluding hydrogens is 358 g/mol. The van der Waals surface area contributed by atoms with E-state index in [1.165, 1.54) is 0 Å². The Morgan fingerprint density at radius 3 is 2.50 bits per heavy atom. The van der Waals surface area contributed by atoms with E-state index in [0.29, 0.717) is 23.0 Å². The fraction of sp³-hybridized carbons (Fsp3) is 0.500. The molecule has 4 N–H and O–H groups in total. The fourth-order valence-electron chi connectivity index (χ4n) is 3.22. The first-order chi connectivity index (χ1) is 13.4. The van der Waals surface area contributed by atoms with Gasteiger partial charge in [-0.25, -0.2) is 9.97 Å². The third kappa shape index (κ3) is 5.02. The van der Waals surface area contributed by atoms with E-state index in [-0.39, 0.29) is 18.7 Å². The van der Waals surface area contributed by atoms with Gasteiger partial charge < -0.3 is 25.6 Å². The van der Waals surface area contributed by atoms with Crippen LogP contribution in [-0.2, 0) is 10.4 Å². The molecule has 8 nitrogen and oxygen atoms in total. The normalized spacial score (nSPS) is 19.9. The highest BCUT2D eigenvalue weighted by molar-refractivity contribution is 5.69. The van der Waals surface area contributed by atoms with Crippen LogP contribution in [0.4, 0.5) is 11.6 Å². The number of pyridine rings is 1. The highest BCUT2D eigenvalue weighted by Gasteiger charge is 2.21. The summed E-state index contributed by atoms with van der Waals surface area (Å²) >= 11 is 0. The van der Waals surface area contributed by atoms with Crippen molar-refractivity contribution in [3.63, 3.8) is 0 Å². The van der Waals surface area contributed by atoms with Gasteiger partial charge >= 0.3 is 0 Å². The number of rotatable bonds is 7. The number of carbonyl (C=O) groups is 1. The lowest BCUT2D eigenvalue weighted by Crippen LogP contribution is -2.29. The number of aromatic nitrogens is 3. The van der Waals surface area contributed by atoms with E-state index in [1.54, 1.807) is 32.3 Å². The molecule has 0 radical (unpaired) electrons. The van der Waals surface area contributed by atoms with E-state index in [4.69, 9.17) is 0 Å². The van der Waals surface area contributed by atoms with Gasteiger partial charge in [0, 0.05) is 17.8 Å². The molecule has 28 heavy (non-hydrogen) atoms. The van der Waals surface area contributed by atoms with E-state index in [1.807, 2.05) is 6.07 Å². The van der Waals surface area contributed by atoms with Crippen LogP contribution in [0.25, 0.3) is 11.3 Å². The summed E-state index contributed by atoms with van der Waals surface area (Å²) in [4.78, 5) is 24.2.